The maximum absolute atomic E-state index is 13.2. The van der Waals surface area contributed by atoms with E-state index in [0.717, 1.165) is 4.90 Å². The van der Waals surface area contributed by atoms with Gasteiger partial charge in [0, 0.05) is 7.05 Å². The Labute approximate surface area is 100 Å². The van der Waals surface area contributed by atoms with Crippen LogP contribution in [0.1, 0.15) is 10.4 Å². The maximum Gasteiger partial charge on any atom is 0.255 e. The highest BCUT2D eigenvalue weighted by molar-refractivity contribution is 9.10. The van der Waals surface area contributed by atoms with Gasteiger partial charge in [-0.05, 0) is 28.1 Å². The molecule has 1 aromatic rings. The van der Waals surface area contributed by atoms with Gasteiger partial charge >= 0.3 is 0 Å². The molecule has 0 saturated heterocycles. The monoisotopic (exact) mass is 288 g/mol. The molecule has 0 spiro atoms. The molecule has 0 heterocycles. The number of hydrogen-bond donors (Lipinski definition) is 1. The molecule has 0 aliphatic rings. The number of nitrogens with two attached hydrogens (primary N) is 1. The summed E-state index contributed by atoms with van der Waals surface area (Å²) in [7, 11) is 1.42. The van der Waals surface area contributed by atoms with Crippen LogP contribution < -0.4 is 5.73 Å². The Bertz CT molecular complexity index is 437. The van der Waals surface area contributed by atoms with Gasteiger partial charge in [0.2, 0.25) is 5.91 Å². The van der Waals surface area contributed by atoms with E-state index in [-0.39, 0.29) is 16.6 Å². The fourth-order valence-electron chi connectivity index (χ4n) is 1.18. The fraction of sp³-hybridized carbons (Fsp3) is 0.200. The first-order valence-corrected chi connectivity index (χ1v) is 5.20. The quantitative estimate of drug-likeness (QED) is 0.907. The fourth-order valence-corrected chi connectivity index (χ4v) is 1.61. The second-order valence-corrected chi connectivity index (χ2v) is 4.02. The second-order valence-electron chi connectivity index (χ2n) is 3.23. The van der Waals surface area contributed by atoms with E-state index in [1.54, 1.807) is 0 Å². The zero-order valence-electron chi connectivity index (χ0n) is 8.54. The van der Waals surface area contributed by atoms with Crippen molar-refractivity contribution in [2.45, 2.75) is 0 Å². The van der Waals surface area contributed by atoms with Gasteiger partial charge in [-0.15, -0.1) is 0 Å². The maximum atomic E-state index is 13.2. The third kappa shape index (κ3) is 2.79. The number of nitrogens with zero attached hydrogens (tertiary/aromatic N) is 1. The third-order valence-electron chi connectivity index (χ3n) is 1.92. The van der Waals surface area contributed by atoms with Gasteiger partial charge in [0.15, 0.2) is 0 Å². The van der Waals surface area contributed by atoms with Crippen LogP contribution in [0.2, 0.25) is 0 Å². The van der Waals surface area contributed by atoms with Crippen LogP contribution in [-0.4, -0.2) is 30.3 Å². The molecule has 86 valence electrons. The van der Waals surface area contributed by atoms with Crippen LogP contribution >= 0.6 is 15.9 Å². The molecular weight excluding hydrogens is 279 g/mol. The average molecular weight is 289 g/mol. The minimum Gasteiger partial charge on any atom is -0.368 e. The number of benzene rings is 1. The largest absolute Gasteiger partial charge is 0.368 e. The molecule has 0 bridgehead atoms. The van der Waals surface area contributed by atoms with Crippen LogP contribution in [0.15, 0.2) is 22.7 Å². The van der Waals surface area contributed by atoms with E-state index < -0.39 is 17.6 Å². The molecule has 2 amide bonds. The standard InChI is InChI=1S/C10H10BrFN2O2/c1-14(5-8(13)15)10(16)6-3-2-4-7(12)9(6)11/h2-4H,5H2,1H3,(H2,13,15). The lowest BCUT2D eigenvalue weighted by molar-refractivity contribution is -0.118. The molecule has 6 heteroatoms. The van der Waals surface area contributed by atoms with Crippen LogP contribution in [0.3, 0.4) is 0 Å². The van der Waals surface area contributed by atoms with Crippen LogP contribution in [-0.2, 0) is 4.79 Å². The van der Waals surface area contributed by atoms with Crippen molar-refractivity contribution in [2.75, 3.05) is 13.6 Å². The summed E-state index contributed by atoms with van der Waals surface area (Å²) in [5.74, 6) is -1.62. The predicted octanol–water partition coefficient (Wildman–Crippen LogP) is 1.15. The molecule has 0 saturated carbocycles. The van der Waals surface area contributed by atoms with Crippen LogP contribution in [0.4, 0.5) is 4.39 Å². The molecule has 0 aliphatic heterocycles. The Morgan fingerprint density at radius 2 is 2.12 bits per heavy atom. The van der Waals surface area contributed by atoms with Gasteiger partial charge in [-0.2, -0.15) is 0 Å². The number of primary amides is 1. The highest BCUT2D eigenvalue weighted by Gasteiger charge is 2.17. The van der Waals surface area contributed by atoms with Gasteiger partial charge in [-0.1, -0.05) is 6.07 Å². The van der Waals surface area contributed by atoms with Crippen molar-refractivity contribution >= 4 is 27.7 Å². The number of carbonyl (C=O) groups is 2. The van der Waals surface area contributed by atoms with Crippen molar-refractivity contribution in [2.24, 2.45) is 5.73 Å². The minimum atomic E-state index is -0.622. The zero-order valence-corrected chi connectivity index (χ0v) is 10.1. The number of amides is 2. The molecule has 1 rings (SSSR count). The van der Waals surface area contributed by atoms with E-state index in [1.165, 1.54) is 25.2 Å². The molecule has 0 aromatic heterocycles. The van der Waals surface area contributed by atoms with Crippen molar-refractivity contribution in [1.29, 1.82) is 0 Å². The minimum absolute atomic E-state index is 0.0799. The van der Waals surface area contributed by atoms with E-state index in [1.807, 2.05) is 0 Å². The number of rotatable bonds is 3. The summed E-state index contributed by atoms with van der Waals surface area (Å²) >= 11 is 2.98. The van der Waals surface area contributed by atoms with Gasteiger partial charge in [0.25, 0.3) is 5.91 Å². The Kier molecular flexibility index (Phi) is 4.00. The molecule has 2 N–H and O–H groups in total. The van der Waals surface area contributed by atoms with Gasteiger partial charge in [-0.25, -0.2) is 4.39 Å². The van der Waals surface area contributed by atoms with E-state index in [2.05, 4.69) is 15.9 Å². The zero-order chi connectivity index (χ0) is 12.3. The molecule has 0 aliphatic carbocycles. The molecule has 16 heavy (non-hydrogen) atoms. The SMILES string of the molecule is CN(CC(N)=O)C(=O)c1cccc(F)c1Br. The number of likely N-dealkylation sites (N-methyl/N-ethyl adjacent to an activating group) is 1. The van der Waals surface area contributed by atoms with Crippen molar-refractivity contribution in [3.63, 3.8) is 0 Å². The van der Waals surface area contributed by atoms with E-state index in [4.69, 9.17) is 5.73 Å². The Balaban J connectivity index is 2.96. The number of carbonyl (C=O) groups excluding carboxylic acids is 2. The van der Waals surface area contributed by atoms with Gasteiger partial charge in [0.05, 0.1) is 16.6 Å². The topological polar surface area (TPSA) is 63.4 Å². The van der Waals surface area contributed by atoms with Crippen LogP contribution in [0.25, 0.3) is 0 Å². The van der Waals surface area contributed by atoms with E-state index in [9.17, 15) is 14.0 Å². The number of hydrogen-bond acceptors (Lipinski definition) is 2. The first-order valence-electron chi connectivity index (χ1n) is 4.41. The highest BCUT2D eigenvalue weighted by atomic mass is 79.9. The summed E-state index contributed by atoms with van der Waals surface area (Å²) < 4.78 is 13.2. The van der Waals surface area contributed by atoms with Crippen molar-refractivity contribution in [1.82, 2.24) is 4.90 Å². The van der Waals surface area contributed by atoms with Gasteiger partial charge < -0.3 is 10.6 Å². The average Bonchev–Trinajstić information content (AvgIpc) is 2.20. The molecule has 0 unspecified atom stereocenters. The second kappa shape index (κ2) is 5.07. The van der Waals surface area contributed by atoms with Crippen LogP contribution in [0, 0.1) is 5.82 Å². The molecule has 1 aromatic carbocycles. The lowest BCUT2D eigenvalue weighted by Crippen LogP contribution is -2.35. The Hall–Kier alpha value is -1.43. The normalized spacial score (nSPS) is 9.94. The third-order valence-corrected chi connectivity index (χ3v) is 2.73. The lowest BCUT2D eigenvalue weighted by atomic mass is 10.2. The van der Waals surface area contributed by atoms with Gasteiger partial charge in [0.1, 0.15) is 5.82 Å². The predicted molar refractivity (Wildman–Crippen MR) is 60.3 cm³/mol. The van der Waals surface area contributed by atoms with Gasteiger partial charge in [-0.3, -0.25) is 9.59 Å². The molecule has 0 radical (unpaired) electrons. The summed E-state index contributed by atoms with van der Waals surface area (Å²) in [6.45, 7) is -0.207. The molecule has 0 atom stereocenters. The smallest absolute Gasteiger partial charge is 0.255 e. The lowest BCUT2D eigenvalue weighted by Gasteiger charge is -2.15. The summed E-state index contributed by atoms with van der Waals surface area (Å²) in [6.07, 6.45) is 0. The Morgan fingerprint density at radius 3 is 2.69 bits per heavy atom. The molecule has 4 nitrogen and oxygen atoms in total. The molecule has 0 fully saturated rings. The summed E-state index contributed by atoms with van der Waals surface area (Å²) in [5.41, 5.74) is 5.11. The highest BCUT2D eigenvalue weighted by Crippen LogP contribution is 2.21. The first-order chi connectivity index (χ1) is 7.43. The van der Waals surface area contributed by atoms with E-state index >= 15 is 0 Å². The summed E-state index contributed by atoms with van der Waals surface area (Å²) in [4.78, 5) is 23.5. The number of halogens is 2. The first kappa shape index (κ1) is 12.6. The van der Waals surface area contributed by atoms with Crippen molar-refractivity contribution in [3.8, 4) is 0 Å². The summed E-state index contributed by atoms with van der Waals surface area (Å²) in [6, 6.07) is 4.12. The van der Waals surface area contributed by atoms with E-state index in [0.29, 0.717) is 0 Å². The Morgan fingerprint density at radius 1 is 1.50 bits per heavy atom. The summed E-state index contributed by atoms with van der Waals surface area (Å²) in [5, 5.41) is 0. The molecular formula is C10H10BrFN2O2. The van der Waals surface area contributed by atoms with Crippen molar-refractivity contribution < 1.29 is 14.0 Å². The van der Waals surface area contributed by atoms with Crippen LogP contribution in [0.5, 0.6) is 0 Å². The van der Waals surface area contributed by atoms with Crippen molar-refractivity contribution in [3.05, 3.63) is 34.1 Å².